The Kier molecular flexibility index (Phi) is 5.77. The second-order valence-electron chi connectivity index (χ2n) is 11.3. The molecule has 3 fully saturated rings. The molecule has 0 radical (unpaired) electrons. The van der Waals surface area contributed by atoms with Gasteiger partial charge in [0.25, 0.3) is 5.56 Å². The molecular weight excluding hydrogens is 470 g/mol. The van der Waals surface area contributed by atoms with Gasteiger partial charge in [-0.2, -0.15) is 10.1 Å². The van der Waals surface area contributed by atoms with E-state index in [2.05, 4.69) is 56.3 Å². The molecule has 3 aliphatic rings. The Labute approximate surface area is 215 Å². The van der Waals surface area contributed by atoms with Crippen molar-refractivity contribution in [3.8, 4) is 0 Å². The fourth-order valence-corrected chi connectivity index (χ4v) is 6.40. The first kappa shape index (κ1) is 23.7. The molecular formula is C27H33N7O3. The van der Waals surface area contributed by atoms with Crippen LogP contribution in [0.3, 0.4) is 0 Å². The minimum atomic E-state index is -0.650. The number of hydrogen-bond donors (Lipinski definition) is 3. The summed E-state index contributed by atoms with van der Waals surface area (Å²) in [5.41, 5.74) is 2.14. The fraction of sp³-hybridized carbons (Fsp3) is 0.519. The molecule has 3 N–H and O–H groups in total. The van der Waals surface area contributed by atoms with Gasteiger partial charge in [-0.05, 0) is 67.2 Å². The SMILES string of the molecule is CC1CC(C)CN(c2nc(Nc3ccc(N4CCC5(CC4)CC5C(=O)O)cc3)c3c(=O)[nH]ncc3n2)C1. The Morgan fingerprint density at radius 1 is 1.08 bits per heavy atom. The lowest BCUT2D eigenvalue weighted by Gasteiger charge is -2.35. The number of aromatic nitrogens is 4. The van der Waals surface area contributed by atoms with Gasteiger partial charge in [-0.1, -0.05) is 13.8 Å². The minimum absolute atomic E-state index is 0.0153. The molecule has 0 amide bonds. The van der Waals surface area contributed by atoms with Crippen LogP contribution < -0.4 is 20.7 Å². The highest BCUT2D eigenvalue weighted by molar-refractivity contribution is 5.90. The lowest BCUT2D eigenvalue weighted by molar-refractivity contribution is -0.139. The summed E-state index contributed by atoms with van der Waals surface area (Å²) in [4.78, 5) is 38.0. The Balaban J connectivity index is 1.22. The van der Waals surface area contributed by atoms with Crippen molar-refractivity contribution in [2.75, 3.05) is 41.3 Å². The zero-order valence-electron chi connectivity index (χ0n) is 21.3. The predicted octanol–water partition coefficient (Wildman–Crippen LogP) is 3.63. The molecule has 194 valence electrons. The van der Waals surface area contributed by atoms with Crippen LogP contribution in [0.2, 0.25) is 0 Å². The molecule has 37 heavy (non-hydrogen) atoms. The molecule has 1 aromatic carbocycles. The third-order valence-corrected chi connectivity index (χ3v) is 8.40. The summed E-state index contributed by atoms with van der Waals surface area (Å²) in [6, 6.07) is 8.10. The van der Waals surface area contributed by atoms with Crippen LogP contribution in [0.5, 0.6) is 0 Å². The molecule has 2 aliphatic heterocycles. The van der Waals surface area contributed by atoms with Crippen LogP contribution in [0.25, 0.3) is 10.9 Å². The van der Waals surface area contributed by atoms with E-state index in [9.17, 15) is 14.7 Å². The monoisotopic (exact) mass is 503 g/mol. The first-order valence-corrected chi connectivity index (χ1v) is 13.2. The second kappa shape index (κ2) is 9.00. The Bertz CT molecular complexity index is 1370. The second-order valence-corrected chi connectivity index (χ2v) is 11.3. The number of carbonyl (C=O) groups is 1. The van der Waals surface area contributed by atoms with Gasteiger partial charge < -0.3 is 20.2 Å². The Hall–Kier alpha value is -3.69. The average molecular weight is 504 g/mol. The van der Waals surface area contributed by atoms with Crippen molar-refractivity contribution in [1.29, 1.82) is 0 Å². The number of hydrogen-bond acceptors (Lipinski definition) is 8. The number of aromatic amines is 1. The van der Waals surface area contributed by atoms with E-state index in [0.29, 0.717) is 34.5 Å². The summed E-state index contributed by atoms with van der Waals surface area (Å²) < 4.78 is 0. The van der Waals surface area contributed by atoms with Crippen LogP contribution in [-0.2, 0) is 4.79 Å². The van der Waals surface area contributed by atoms with Gasteiger partial charge in [0, 0.05) is 37.6 Å². The number of aliphatic carboxylic acids is 1. The van der Waals surface area contributed by atoms with Crippen molar-refractivity contribution in [2.45, 2.75) is 39.5 Å². The predicted molar refractivity (Wildman–Crippen MR) is 142 cm³/mol. The van der Waals surface area contributed by atoms with E-state index in [-0.39, 0.29) is 16.9 Å². The maximum Gasteiger partial charge on any atom is 0.307 e. The van der Waals surface area contributed by atoms with Crippen molar-refractivity contribution in [1.82, 2.24) is 20.2 Å². The maximum absolute atomic E-state index is 12.7. The summed E-state index contributed by atoms with van der Waals surface area (Å²) in [7, 11) is 0. The van der Waals surface area contributed by atoms with Crippen LogP contribution in [0, 0.1) is 23.2 Å². The van der Waals surface area contributed by atoms with Gasteiger partial charge in [0.05, 0.1) is 12.1 Å². The van der Waals surface area contributed by atoms with Crippen molar-refractivity contribution < 1.29 is 9.90 Å². The maximum atomic E-state index is 12.7. The average Bonchev–Trinajstić information content (AvgIpc) is 3.58. The van der Waals surface area contributed by atoms with Crippen LogP contribution in [0.1, 0.15) is 39.5 Å². The summed E-state index contributed by atoms with van der Waals surface area (Å²) in [5.74, 6) is 1.36. The molecule has 1 aliphatic carbocycles. The highest BCUT2D eigenvalue weighted by Gasteiger charge is 2.58. The number of piperidine rings is 2. The molecule has 2 saturated heterocycles. The van der Waals surface area contributed by atoms with Crippen molar-refractivity contribution in [2.24, 2.45) is 23.2 Å². The molecule has 3 aromatic rings. The molecule has 4 heterocycles. The number of H-pyrrole nitrogens is 1. The normalized spacial score (nSPS) is 24.9. The molecule has 0 bridgehead atoms. The molecule has 1 saturated carbocycles. The molecule has 10 heteroatoms. The molecule has 1 spiro atoms. The van der Waals surface area contributed by atoms with E-state index in [4.69, 9.17) is 4.98 Å². The van der Waals surface area contributed by atoms with Crippen molar-refractivity contribution in [3.05, 3.63) is 40.8 Å². The summed E-state index contributed by atoms with van der Waals surface area (Å²) >= 11 is 0. The minimum Gasteiger partial charge on any atom is -0.481 e. The zero-order chi connectivity index (χ0) is 25.7. The van der Waals surface area contributed by atoms with Crippen LogP contribution in [0.4, 0.5) is 23.1 Å². The topological polar surface area (TPSA) is 127 Å². The molecule has 2 aromatic heterocycles. The van der Waals surface area contributed by atoms with E-state index in [1.165, 1.54) is 6.42 Å². The van der Waals surface area contributed by atoms with Crippen LogP contribution in [-0.4, -0.2) is 57.4 Å². The Morgan fingerprint density at radius 3 is 2.43 bits per heavy atom. The first-order valence-electron chi connectivity index (χ1n) is 13.2. The number of carboxylic acid groups (broad SMARTS) is 1. The lowest BCUT2D eigenvalue weighted by atomic mass is 9.90. The van der Waals surface area contributed by atoms with Gasteiger partial charge in [-0.15, -0.1) is 0 Å². The number of nitrogens with one attached hydrogen (secondary N) is 2. The molecule has 3 atom stereocenters. The Morgan fingerprint density at radius 2 is 1.78 bits per heavy atom. The van der Waals surface area contributed by atoms with Gasteiger partial charge in [0.1, 0.15) is 16.7 Å². The third kappa shape index (κ3) is 4.49. The number of anilines is 4. The van der Waals surface area contributed by atoms with E-state index < -0.39 is 5.97 Å². The smallest absolute Gasteiger partial charge is 0.307 e. The lowest BCUT2D eigenvalue weighted by Crippen LogP contribution is -2.39. The largest absolute Gasteiger partial charge is 0.481 e. The molecule has 6 rings (SSSR count). The number of fused-ring (bicyclic) bond motifs is 1. The zero-order valence-corrected chi connectivity index (χ0v) is 21.3. The summed E-state index contributed by atoms with van der Waals surface area (Å²) in [6.07, 6.45) is 5.41. The fourth-order valence-electron chi connectivity index (χ4n) is 6.40. The number of rotatable bonds is 5. The number of carboxylic acids is 1. The van der Waals surface area contributed by atoms with Gasteiger partial charge in [-0.3, -0.25) is 9.59 Å². The van der Waals surface area contributed by atoms with Gasteiger partial charge in [0.15, 0.2) is 0 Å². The highest BCUT2D eigenvalue weighted by atomic mass is 16.4. The highest BCUT2D eigenvalue weighted by Crippen LogP contribution is 2.59. The van der Waals surface area contributed by atoms with E-state index >= 15 is 0 Å². The van der Waals surface area contributed by atoms with Crippen molar-refractivity contribution in [3.63, 3.8) is 0 Å². The first-order chi connectivity index (χ1) is 17.8. The van der Waals surface area contributed by atoms with Gasteiger partial charge in [-0.25, -0.2) is 10.1 Å². The van der Waals surface area contributed by atoms with Gasteiger partial charge >= 0.3 is 5.97 Å². The molecule has 3 unspecified atom stereocenters. The number of nitrogens with zero attached hydrogens (tertiary/aromatic N) is 5. The quantitative estimate of drug-likeness (QED) is 0.478. The van der Waals surface area contributed by atoms with E-state index in [1.807, 2.05) is 12.1 Å². The van der Waals surface area contributed by atoms with E-state index in [1.54, 1.807) is 6.20 Å². The third-order valence-electron chi connectivity index (χ3n) is 8.40. The van der Waals surface area contributed by atoms with E-state index in [0.717, 1.165) is 56.8 Å². The summed E-state index contributed by atoms with van der Waals surface area (Å²) in [5, 5.41) is 19.5. The standard InChI is InChI=1S/C27H33N7O3/c1-16-11-17(2)15-34(14-16)26-30-21-13-28-32-24(35)22(21)23(31-26)29-18-3-5-19(6-4-18)33-9-7-27(8-10-33)12-20(27)25(36)37/h3-6,13,16-17,20H,7-12,14-15H2,1-2H3,(H,32,35)(H,36,37)(H,29,30,31). The molecule has 10 nitrogen and oxygen atoms in total. The number of benzene rings is 1. The summed E-state index contributed by atoms with van der Waals surface area (Å²) in [6.45, 7) is 7.98. The van der Waals surface area contributed by atoms with Crippen LogP contribution in [0.15, 0.2) is 35.3 Å². The van der Waals surface area contributed by atoms with Gasteiger partial charge in [0.2, 0.25) is 5.95 Å². The van der Waals surface area contributed by atoms with Crippen molar-refractivity contribution >= 4 is 40.0 Å². The van der Waals surface area contributed by atoms with Crippen LogP contribution >= 0.6 is 0 Å².